The third-order valence-corrected chi connectivity index (χ3v) is 6.99. The van der Waals surface area contributed by atoms with Gasteiger partial charge in [-0.15, -0.1) is 0 Å². The number of aryl methyl sites for hydroxylation is 1. The van der Waals surface area contributed by atoms with Crippen molar-refractivity contribution in [2.24, 2.45) is 4.40 Å². The molecule has 3 aromatic rings. The van der Waals surface area contributed by atoms with E-state index in [0.717, 1.165) is 28.5 Å². The zero-order chi connectivity index (χ0) is 24.8. The van der Waals surface area contributed by atoms with Gasteiger partial charge in [-0.05, 0) is 54.5 Å². The first kappa shape index (κ1) is 24.3. The molecule has 0 spiro atoms. The number of methoxy groups -OCH3 is 1. The van der Waals surface area contributed by atoms with E-state index in [2.05, 4.69) is 32.9 Å². The third-order valence-electron chi connectivity index (χ3n) is 5.50. The molecule has 0 N–H and O–H groups in total. The standard InChI is InChI=1S/C24H32N6O3S/c1-14(2)30-23(25-16(4)27-30)19-13-29-9-10-33-21-12-20(32-8)17(11-18(21)22(29)26-19)15(3)28-34(31)24(5,6)7/h11-14H,9-10H2,1-8H3/b28-15+. The van der Waals surface area contributed by atoms with Crippen LogP contribution in [0.15, 0.2) is 22.7 Å². The maximum Gasteiger partial charge on any atom is 0.178 e. The zero-order valence-corrected chi connectivity index (χ0v) is 21.9. The lowest BCUT2D eigenvalue weighted by molar-refractivity contribution is 0.304. The lowest BCUT2D eigenvalue weighted by Gasteiger charge is -2.19. The summed E-state index contributed by atoms with van der Waals surface area (Å²) in [5.41, 5.74) is 2.96. The van der Waals surface area contributed by atoms with Gasteiger partial charge >= 0.3 is 0 Å². The van der Waals surface area contributed by atoms with E-state index in [1.807, 2.05) is 57.6 Å². The predicted molar refractivity (Wildman–Crippen MR) is 134 cm³/mol. The molecule has 1 aromatic carbocycles. The van der Waals surface area contributed by atoms with E-state index >= 15 is 0 Å². The van der Waals surface area contributed by atoms with Gasteiger partial charge in [0.25, 0.3) is 0 Å². The first-order valence-corrected chi connectivity index (χ1v) is 12.4. The van der Waals surface area contributed by atoms with Crippen LogP contribution in [0.5, 0.6) is 11.5 Å². The van der Waals surface area contributed by atoms with E-state index in [0.29, 0.717) is 36.2 Å². The molecule has 9 nitrogen and oxygen atoms in total. The first-order valence-electron chi connectivity index (χ1n) is 11.3. The number of hydrogen-bond acceptors (Lipinski definition) is 7. The number of aromatic nitrogens is 5. The largest absolute Gasteiger partial charge is 0.591 e. The van der Waals surface area contributed by atoms with Gasteiger partial charge in [0.2, 0.25) is 0 Å². The Balaban J connectivity index is 1.85. The molecule has 0 saturated heterocycles. The van der Waals surface area contributed by atoms with E-state index in [-0.39, 0.29) is 6.04 Å². The Labute approximate surface area is 203 Å². The lowest BCUT2D eigenvalue weighted by Crippen LogP contribution is -2.26. The Bertz CT molecular complexity index is 1240. The van der Waals surface area contributed by atoms with Crippen molar-refractivity contribution in [1.29, 1.82) is 0 Å². The molecule has 4 rings (SSSR count). The molecule has 0 bridgehead atoms. The highest BCUT2D eigenvalue weighted by molar-refractivity contribution is 7.91. The van der Waals surface area contributed by atoms with Crippen LogP contribution >= 0.6 is 0 Å². The van der Waals surface area contributed by atoms with Crippen LogP contribution in [0.3, 0.4) is 0 Å². The quantitative estimate of drug-likeness (QED) is 0.394. The Morgan fingerprint density at radius 2 is 1.97 bits per heavy atom. The van der Waals surface area contributed by atoms with Gasteiger partial charge in [-0.1, -0.05) is 4.40 Å². The average molecular weight is 485 g/mol. The van der Waals surface area contributed by atoms with Crippen LogP contribution in [0.1, 0.15) is 59.0 Å². The molecule has 1 aliphatic rings. The normalized spacial score (nSPS) is 14.9. The summed E-state index contributed by atoms with van der Waals surface area (Å²) in [5, 5.41) is 4.53. The Morgan fingerprint density at radius 1 is 1.24 bits per heavy atom. The minimum Gasteiger partial charge on any atom is -0.591 e. The van der Waals surface area contributed by atoms with Crippen molar-refractivity contribution in [1.82, 2.24) is 24.3 Å². The smallest absolute Gasteiger partial charge is 0.178 e. The van der Waals surface area contributed by atoms with Crippen LogP contribution < -0.4 is 9.47 Å². The summed E-state index contributed by atoms with van der Waals surface area (Å²) < 4.78 is 32.3. The van der Waals surface area contributed by atoms with Gasteiger partial charge in [-0.2, -0.15) is 5.10 Å². The molecule has 0 saturated carbocycles. The second-order valence-corrected chi connectivity index (χ2v) is 11.5. The Kier molecular flexibility index (Phi) is 6.48. The van der Waals surface area contributed by atoms with Gasteiger partial charge in [-0.25, -0.2) is 14.6 Å². The molecule has 34 heavy (non-hydrogen) atoms. The van der Waals surface area contributed by atoms with Crippen molar-refractivity contribution in [3.8, 4) is 34.4 Å². The molecular weight excluding hydrogens is 452 g/mol. The summed E-state index contributed by atoms with van der Waals surface area (Å²) in [6.07, 6.45) is 2.00. The second kappa shape index (κ2) is 9.07. The fourth-order valence-corrected chi connectivity index (χ4v) is 4.37. The number of ether oxygens (including phenoxy) is 2. The van der Waals surface area contributed by atoms with Crippen LogP contribution in [-0.2, 0) is 17.9 Å². The van der Waals surface area contributed by atoms with Crippen molar-refractivity contribution in [3.05, 3.63) is 29.7 Å². The van der Waals surface area contributed by atoms with Gasteiger partial charge in [-0.3, -0.25) is 0 Å². The molecule has 1 atom stereocenters. The molecular formula is C24H32N6O3S. The molecule has 182 valence electrons. The Hall–Kier alpha value is -2.85. The summed E-state index contributed by atoms with van der Waals surface area (Å²) in [4.78, 5) is 9.58. The molecule has 0 fully saturated rings. The molecule has 2 aromatic heterocycles. The first-order chi connectivity index (χ1) is 16.0. The highest BCUT2D eigenvalue weighted by Crippen LogP contribution is 2.39. The van der Waals surface area contributed by atoms with Gasteiger partial charge in [0.05, 0.1) is 24.9 Å². The van der Waals surface area contributed by atoms with Gasteiger partial charge in [0.1, 0.15) is 51.6 Å². The van der Waals surface area contributed by atoms with Crippen molar-refractivity contribution in [2.45, 2.75) is 65.8 Å². The monoisotopic (exact) mass is 484 g/mol. The van der Waals surface area contributed by atoms with Gasteiger partial charge in [0, 0.05) is 23.9 Å². The number of benzene rings is 1. The minimum atomic E-state index is -1.39. The van der Waals surface area contributed by atoms with Crippen LogP contribution in [0, 0.1) is 6.92 Å². The van der Waals surface area contributed by atoms with E-state index in [9.17, 15) is 4.55 Å². The summed E-state index contributed by atoms with van der Waals surface area (Å²) in [6.45, 7) is 14.7. The Morgan fingerprint density at radius 3 is 2.62 bits per heavy atom. The minimum absolute atomic E-state index is 0.159. The molecule has 10 heteroatoms. The molecule has 3 heterocycles. The topological polar surface area (TPSA) is 102 Å². The number of nitrogens with zero attached hydrogens (tertiary/aromatic N) is 6. The van der Waals surface area contributed by atoms with Crippen molar-refractivity contribution < 1.29 is 14.0 Å². The van der Waals surface area contributed by atoms with Crippen molar-refractivity contribution in [3.63, 3.8) is 0 Å². The number of fused-ring (bicyclic) bond motifs is 3. The van der Waals surface area contributed by atoms with Crippen LogP contribution in [0.2, 0.25) is 0 Å². The fraction of sp³-hybridized carbons (Fsp3) is 0.500. The summed E-state index contributed by atoms with van der Waals surface area (Å²) >= 11 is -1.39. The average Bonchev–Trinajstić information content (AvgIpc) is 3.32. The second-order valence-electron chi connectivity index (χ2n) is 9.60. The maximum absolute atomic E-state index is 12.7. The zero-order valence-electron chi connectivity index (χ0n) is 21.0. The van der Waals surface area contributed by atoms with Gasteiger partial charge < -0.3 is 18.6 Å². The van der Waals surface area contributed by atoms with Crippen LogP contribution in [0.25, 0.3) is 22.9 Å². The van der Waals surface area contributed by atoms with E-state index < -0.39 is 16.1 Å². The summed E-state index contributed by atoms with van der Waals surface area (Å²) in [7, 11) is 1.61. The van der Waals surface area contributed by atoms with E-state index in [4.69, 9.17) is 14.5 Å². The third kappa shape index (κ3) is 4.56. The molecule has 0 aliphatic carbocycles. The highest BCUT2D eigenvalue weighted by Gasteiger charge is 2.29. The SMILES string of the molecule is COc1cc2c(cc1/C(C)=N/[S+]([O-])C(C)(C)C)-c1nc(-c3nc(C)nn3C(C)C)cn1CCO2. The summed E-state index contributed by atoms with van der Waals surface area (Å²) in [5.74, 6) is 3.51. The van der Waals surface area contributed by atoms with Crippen LogP contribution in [-0.4, -0.2) is 53.0 Å². The molecule has 1 aliphatic heterocycles. The molecule has 1 unspecified atom stereocenters. The summed E-state index contributed by atoms with van der Waals surface area (Å²) in [6, 6.07) is 3.97. The van der Waals surface area contributed by atoms with E-state index in [1.54, 1.807) is 7.11 Å². The number of rotatable bonds is 5. The van der Waals surface area contributed by atoms with Gasteiger partial charge in [0.15, 0.2) is 5.82 Å². The predicted octanol–water partition coefficient (Wildman–Crippen LogP) is 4.37. The molecule has 0 radical (unpaired) electrons. The van der Waals surface area contributed by atoms with Crippen LogP contribution in [0.4, 0.5) is 0 Å². The van der Waals surface area contributed by atoms with Crippen molar-refractivity contribution in [2.75, 3.05) is 13.7 Å². The number of hydrogen-bond donors (Lipinski definition) is 0. The fourth-order valence-electron chi connectivity index (χ4n) is 3.75. The maximum atomic E-state index is 12.7. The molecule has 0 amide bonds. The van der Waals surface area contributed by atoms with Crippen molar-refractivity contribution >= 4 is 17.1 Å². The lowest BCUT2D eigenvalue weighted by atomic mass is 10.0. The van der Waals surface area contributed by atoms with E-state index in [1.165, 1.54) is 0 Å². The number of imidazole rings is 1. The highest BCUT2D eigenvalue weighted by atomic mass is 32.2.